The van der Waals surface area contributed by atoms with Gasteiger partial charge in [0.1, 0.15) is 23.2 Å². The van der Waals surface area contributed by atoms with Crippen LogP contribution in [0.15, 0.2) is 48.7 Å². The number of aliphatic carboxylic acids is 1. The van der Waals surface area contributed by atoms with Crippen LogP contribution in [0.5, 0.6) is 11.5 Å². The van der Waals surface area contributed by atoms with E-state index < -0.39 is 12.0 Å². The third-order valence-corrected chi connectivity index (χ3v) is 3.73. The molecule has 23 heavy (non-hydrogen) atoms. The Bertz CT molecular complexity index is 718. The fraction of sp³-hybridized carbons (Fsp3) is 0.235. The number of carbonyl (C=O) groups excluding carboxylic acids is 1. The van der Waals surface area contributed by atoms with Gasteiger partial charge in [-0.05, 0) is 31.0 Å². The molecule has 1 aromatic heterocycles. The van der Waals surface area contributed by atoms with E-state index in [1.54, 1.807) is 6.07 Å². The largest absolute Gasteiger partial charge is 0.480 e. The van der Waals surface area contributed by atoms with Gasteiger partial charge in [0, 0.05) is 18.8 Å². The molecule has 0 radical (unpaired) electrons. The number of carboxylic acids is 1. The summed E-state index contributed by atoms with van der Waals surface area (Å²) in [5.41, 5.74) is 0.187. The lowest BCUT2D eigenvalue weighted by Gasteiger charge is -2.21. The van der Waals surface area contributed by atoms with E-state index in [4.69, 9.17) is 4.74 Å². The summed E-state index contributed by atoms with van der Waals surface area (Å²) in [7, 11) is 0. The molecule has 2 aromatic rings. The van der Waals surface area contributed by atoms with E-state index in [9.17, 15) is 14.7 Å². The molecule has 1 N–H and O–H groups in total. The van der Waals surface area contributed by atoms with Gasteiger partial charge < -0.3 is 14.7 Å². The lowest BCUT2D eigenvalue weighted by Crippen LogP contribution is -2.40. The van der Waals surface area contributed by atoms with Crippen molar-refractivity contribution >= 4 is 11.9 Å². The van der Waals surface area contributed by atoms with Gasteiger partial charge in [-0.3, -0.25) is 9.78 Å². The Morgan fingerprint density at radius 3 is 2.70 bits per heavy atom. The van der Waals surface area contributed by atoms with E-state index in [2.05, 4.69) is 4.98 Å². The number of aromatic nitrogens is 1. The number of rotatable bonds is 4. The third kappa shape index (κ3) is 3.31. The normalized spacial score (nSPS) is 17.0. The van der Waals surface area contributed by atoms with Crippen molar-refractivity contribution in [2.45, 2.75) is 18.9 Å². The Kier molecular flexibility index (Phi) is 4.23. The smallest absolute Gasteiger partial charge is 0.326 e. The zero-order valence-corrected chi connectivity index (χ0v) is 12.4. The van der Waals surface area contributed by atoms with Crippen LogP contribution in [0.3, 0.4) is 0 Å². The van der Waals surface area contributed by atoms with Crippen molar-refractivity contribution in [3.05, 3.63) is 54.4 Å². The van der Waals surface area contributed by atoms with E-state index >= 15 is 0 Å². The fourth-order valence-electron chi connectivity index (χ4n) is 2.63. The molecule has 1 aromatic carbocycles. The Balaban J connectivity index is 1.79. The highest BCUT2D eigenvalue weighted by Crippen LogP contribution is 2.24. The summed E-state index contributed by atoms with van der Waals surface area (Å²) in [5.74, 6) is -0.219. The summed E-state index contributed by atoms with van der Waals surface area (Å²) in [6.45, 7) is 0.432. The number of hydrogen-bond acceptors (Lipinski definition) is 4. The number of carbonyl (C=O) groups is 2. The molecule has 1 fully saturated rings. The quantitative estimate of drug-likeness (QED) is 0.938. The highest BCUT2D eigenvalue weighted by atomic mass is 16.5. The van der Waals surface area contributed by atoms with E-state index in [1.807, 2.05) is 30.3 Å². The molecule has 118 valence electrons. The van der Waals surface area contributed by atoms with E-state index in [-0.39, 0.29) is 11.6 Å². The number of pyridine rings is 1. The molecule has 1 aliphatic rings. The first-order valence-electron chi connectivity index (χ1n) is 7.38. The number of para-hydroxylation sites is 1. The third-order valence-electron chi connectivity index (χ3n) is 3.73. The average Bonchev–Trinajstić information content (AvgIpc) is 3.05. The Morgan fingerprint density at radius 1 is 1.17 bits per heavy atom. The van der Waals surface area contributed by atoms with Gasteiger partial charge in [0.15, 0.2) is 0 Å². The van der Waals surface area contributed by atoms with Gasteiger partial charge in [0.2, 0.25) is 0 Å². The number of ether oxygens (including phenoxy) is 1. The van der Waals surface area contributed by atoms with Crippen molar-refractivity contribution in [2.24, 2.45) is 0 Å². The Hall–Kier alpha value is -2.89. The maximum absolute atomic E-state index is 12.5. The minimum Gasteiger partial charge on any atom is -0.480 e. The standard InChI is InChI=1S/C17H16N2O4/c20-16(19-10-4-7-15(19)17(21)22)14-11-13(8-9-18-14)23-12-5-2-1-3-6-12/h1-3,5-6,8-9,11,15H,4,7,10H2,(H,21,22)/t15-/m0/s1. The average molecular weight is 312 g/mol. The highest BCUT2D eigenvalue weighted by Gasteiger charge is 2.34. The summed E-state index contributed by atoms with van der Waals surface area (Å²) >= 11 is 0. The van der Waals surface area contributed by atoms with Crippen LogP contribution in [0, 0.1) is 0 Å². The first-order chi connectivity index (χ1) is 11.1. The van der Waals surface area contributed by atoms with E-state index in [0.29, 0.717) is 30.9 Å². The molecular formula is C17H16N2O4. The van der Waals surface area contributed by atoms with Gasteiger partial charge in [-0.1, -0.05) is 18.2 Å². The fourth-order valence-corrected chi connectivity index (χ4v) is 2.63. The zero-order chi connectivity index (χ0) is 16.2. The SMILES string of the molecule is O=C(O)[C@@H]1CCCN1C(=O)c1cc(Oc2ccccc2)ccn1. The second-order valence-corrected chi connectivity index (χ2v) is 5.29. The molecular weight excluding hydrogens is 296 g/mol. The van der Waals surface area contributed by atoms with Crippen LogP contribution in [-0.4, -0.2) is 39.5 Å². The summed E-state index contributed by atoms with van der Waals surface area (Å²) < 4.78 is 5.68. The second-order valence-electron chi connectivity index (χ2n) is 5.29. The molecule has 0 spiro atoms. The molecule has 1 aliphatic heterocycles. The van der Waals surface area contributed by atoms with Crippen molar-refractivity contribution in [2.75, 3.05) is 6.54 Å². The van der Waals surface area contributed by atoms with Crippen molar-refractivity contribution in [3.8, 4) is 11.5 Å². The van der Waals surface area contributed by atoms with Crippen LogP contribution in [-0.2, 0) is 4.79 Å². The van der Waals surface area contributed by atoms with Crippen LogP contribution < -0.4 is 4.74 Å². The van der Waals surface area contributed by atoms with Crippen LogP contribution in [0.25, 0.3) is 0 Å². The predicted molar refractivity (Wildman–Crippen MR) is 82.4 cm³/mol. The number of amides is 1. The molecule has 2 heterocycles. The van der Waals surface area contributed by atoms with Crippen LogP contribution in [0.4, 0.5) is 0 Å². The minimum absolute atomic E-state index is 0.187. The molecule has 3 rings (SSSR count). The lowest BCUT2D eigenvalue weighted by atomic mass is 10.2. The second kappa shape index (κ2) is 6.48. The maximum atomic E-state index is 12.5. The van der Waals surface area contributed by atoms with Gasteiger partial charge in [-0.25, -0.2) is 4.79 Å². The molecule has 0 saturated carbocycles. The van der Waals surface area contributed by atoms with E-state index in [1.165, 1.54) is 17.2 Å². The predicted octanol–water partition coefficient (Wildman–Crippen LogP) is 2.56. The van der Waals surface area contributed by atoms with E-state index in [0.717, 1.165) is 0 Å². The first-order valence-corrected chi connectivity index (χ1v) is 7.38. The Morgan fingerprint density at radius 2 is 1.96 bits per heavy atom. The van der Waals surface area contributed by atoms with Gasteiger partial charge in [0.05, 0.1) is 0 Å². The minimum atomic E-state index is -0.979. The van der Waals surface area contributed by atoms with Crippen molar-refractivity contribution < 1.29 is 19.4 Å². The number of nitrogens with zero attached hydrogens (tertiary/aromatic N) is 2. The summed E-state index contributed by atoms with van der Waals surface area (Å²) in [5, 5.41) is 9.19. The van der Waals surface area contributed by atoms with Gasteiger partial charge in [0.25, 0.3) is 5.91 Å². The van der Waals surface area contributed by atoms with Crippen LogP contribution >= 0.6 is 0 Å². The summed E-state index contributed by atoms with van der Waals surface area (Å²) in [6, 6.07) is 11.6. The zero-order valence-electron chi connectivity index (χ0n) is 12.4. The number of carboxylic acid groups (broad SMARTS) is 1. The molecule has 1 atom stereocenters. The molecule has 1 saturated heterocycles. The van der Waals surface area contributed by atoms with Crippen molar-refractivity contribution in [1.82, 2.24) is 9.88 Å². The molecule has 1 amide bonds. The molecule has 0 unspecified atom stereocenters. The Labute approximate surface area is 133 Å². The molecule has 6 heteroatoms. The summed E-state index contributed by atoms with van der Waals surface area (Å²) in [4.78, 5) is 29.1. The monoisotopic (exact) mass is 312 g/mol. The topological polar surface area (TPSA) is 79.7 Å². The van der Waals surface area contributed by atoms with Crippen LogP contribution in [0.2, 0.25) is 0 Å². The lowest BCUT2D eigenvalue weighted by molar-refractivity contribution is -0.141. The van der Waals surface area contributed by atoms with Gasteiger partial charge in [-0.2, -0.15) is 0 Å². The first kappa shape index (κ1) is 15.0. The molecule has 0 bridgehead atoms. The molecule has 6 nitrogen and oxygen atoms in total. The van der Waals surface area contributed by atoms with Gasteiger partial charge in [-0.15, -0.1) is 0 Å². The number of hydrogen-bond donors (Lipinski definition) is 1. The van der Waals surface area contributed by atoms with Crippen LogP contribution in [0.1, 0.15) is 23.3 Å². The molecule has 0 aliphatic carbocycles. The van der Waals surface area contributed by atoms with Crippen molar-refractivity contribution in [3.63, 3.8) is 0 Å². The van der Waals surface area contributed by atoms with Crippen molar-refractivity contribution in [1.29, 1.82) is 0 Å². The van der Waals surface area contributed by atoms with Gasteiger partial charge >= 0.3 is 5.97 Å². The highest BCUT2D eigenvalue weighted by molar-refractivity contribution is 5.95. The maximum Gasteiger partial charge on any atom is 0.326 e. The summed E-state index contributed by atoms with van der Waals surface area (Å²) in [6.07, 6.45) is 2.64. The number of likely N-dealkylation sites (tertiary alicyclic amines) is 1. The number of benzene rings is 1.